The third-order valence-electron chi connectivity index (χ3n) is 3.95. The zero-order valence-corrected chi connectivity index (χ0v) is 16.3. The van der Waals surface area contributed by atoms with Gasteiger partial charge in [-0.2, -0.15) is 8.42 Å². The Labute approximate surface area is 159 Å². The number of benzene rings is 1. The summed E-state index contributed by atoms with van der Waals surface area (Å²) in [6.45, 7) is 3.06. The van der Waals surface area contributed by atoms with Crippen molar-refractivity contribution in [3.63, 3.8) is 0 Å². The lowest BCUT2D eigenvalue weighted by molar-refractivity contribution is -0.143. The largest absolute Gasteiger partial charge is 0.507 e. The molecule has 0 radical (unpaired) electrons. The molecule has 0 aliphatic rings. The quantitative estimate of drug-likeness (QED) is 0.224. The Bertz CT molecular complexity index is 718. The monoisotopic (exact) mass is 401 g/mol. The molecular weight excluding hydrogens is 374 g/mol. The Morgan fingerprint density at radius 2 is 1.89 bits per heavy atom. The van der Waals surface area contributed by atoms with Crippen LogP contribution in [0.25, 0.3) is 0 Å². The van der Waals surface area contributed by atoms with Crippen LogP contribution in [-0.2, 0) is 19.6 Å². The van der Waals surface area contributed by atoms with Crippen molar-refractivity contribution in [2.75, 3.05) is 30.3 Å². The lowest BCUT2D eigenvalue weighted by atomic mass is 10.1. The number of ether oxygens (including phenoxy) is 1. The first-order valence-electron chi connectivity index (χ1n) is 8.90. The molecule has 0 bridgehead atoms. The predicted octanol–water partition coefficient (Wildman–Crippen LogP) is 2.41. The summed E-state index contributed by atoms with van der Waals surface area (Å²) in [6, 6.07) is 4.62. The summed E-state index contributed by atoms with van der Waals surface area (Å²) in [4.78, 5) is 24.0. The fourth-order valence-electron chi connectivity index (χ4n) is 2.62. The second kappa shape index (κ2) is 11.6. The van der Waals surface area contributed by atoms with Gasteiger partial charge in [0.1, 0.15) is 5.75 Å². The smallest absolute Gasteiger partial charge is 0.305 e. The third-order valence-corrected chi connectivity index (χ3v) is 4.76. The Balaban J connectivity index is 2.64. The number of rotatable bonds is 13. The van der Waals surface area contributed by atoms with Gasteiger partial charge in [0.15, 0.2) is 6.29 Å². The van der Waals surface area contributed by atoms with Gasteiger partial charge in [0.2, 0.25) is 0 Å². The number of carbonyl (C=O) groups excluding carboxylic acids is 2. The van der Waals surface area contributed by atoms with E-state index in [0.29, 0.717) is 44.5 Å². The van der Waals surface area contributed by atoms with Crippen molar-refractivity contribution < 1.29 is 32.4 Å². The van der Waals surface area contributed by atoms with Gasteiger partial charge in [-0.3, -0.25) is 14.1 Å². The van der Waals surface area contributed by atoms with Crippen molar-refractivity contribution in [1.82, 2.24) is 0 Å². The molecule has 152 valence electrons. The van der Waals surface area contributed by atoms with E-state index in [-0.39, 0.29) is 29.5 Å². The van der Waals surface area contributed by atoms with E-state index in [1.807, 2.05) is 4.90 Å². The second-order valence-electron chi connectivity index (χ2n) is 6.10. The summed E-state index contributed by atoms with van der Waals surface area (Å²) < 4.78 is 35.6. The Morgan fingerprint density at radius 3 is 2.48 bits per heavy atom. The predicted molar refractivity (Wildman–Crippen MR) is 102 cm³/mol. The number of aromatic hydroxyl groups is 1. The van der Waals surface area contributed by atoms with E-state index in [2.05, 4.69) is 0 Å². The SMILES string of the molecule is CCOC(=O)CCCCCN(CCCS(=O)(=O)O)c1ccc(C=O)c(O)c1. The van der Waals surface area contributed by atoms with Crippen LogP contribution in [0.3, 0.4) is 0 Å². The number of aldehydes is 1. The van der Waals surface area contributed by atoms with E-state index in [4.69, 9.17) is 9.29 Å². The molecule has 0 aromatic heterocycles. The topological polar surface area (TPSA) is 121 Å². The molecule has 0 saturated heterocycles. The minimum atomic E-state index is -4.04. The number of esters is 1. The van der Waals surface area contributed by atoms with Crippen molar-refractivity contribution in [3.05, 3.63) is 23.8 Å². The lowest BCUT2D eigenvalue weighted by Crippen LogP contribution is -2.27. The van der Waals surface area contributed by atoms with Gasteiger partial charge in [0, 0.05) is 31.3 Å². The number of anilines is 1. The van der Waals surface area contributed by atoms with Crippen LogP contribution in [0, 0.1) is 0 Å². The van der Waals surface area contributed by atoms with Gasteiger partial charge in [0.25, 0.3) is 10.1 Å². The summed E-state index contributed by atoms with van der Waals surface area (Å²) in [5.41, 5.74) is 0.824. The van der Waals surface area contributed by atoms with E-state index in [0.717, 1.165) is 12.8 Å². The fourth-order valence-corrected chi connectivity index (χ4v) is 3.11. The number of nitrogens with zero attached hydrogens (tertiary/aromatic N) is 1. The molecule has 0 saturated carbocycles. The molecule has 0 amide bonds. The molecule has 1 rings (SSSR count). The average Bonchev–Trinajstić information content (AvgIpc) is 2.59. The van der Waals surface area contributed by atoms with E-state index in [1.165, 1.54) is 12.1 Å². The number of hydrogen-bond acceptors (Lipinski definition) is 7. The molecule has 0 heterocycles. The fraction of sp³-hybridized carbons (Fsp3) is 0.556. The molecule has 0 fully saturated rings. The van der Waals surface area contributed by atoms with Crippen LogP contribution in [0.1, 0.15) is 49.4 Å². The zero-order valence-electron chi connectivity index (χ0n) is 15.5. The summed E-state index contributed by atoms with van der Waals surface area (Å²) in [7, 11) is -4.04. The number of phenolic OH excluding ortho intramolecular Hbond substituents is 1. The summed E-state index contributed by atoms with van der Waals surface area (Å²) in [6.07, 6.45) is 3.35. The van der Waals surface area contributed by atoms with E-state index in [1.54, 1.807) is 13.0 Å². The number of phenols is 1. The number of unbranched alkanes of at least 4 members (excludes halogenated alkanes) is 2. The maximum atomic E-state index is 11.3. The van der Waals surface area contributed by atoms with E-state index in [9.17, 15) is 23.1 Å². The highest BCUT2D eigenvalue weighted by Crippen LogP contribution is 2.24. The molecule has 9 heteroatoms. The molecule has 8 nitrogen and oxygen atoms in total. The van der Waals surface area contributed by atoms with Crippen LogP contribution >= 0.6 is 0 Å². The number of hydrogen-bond donors (Lipinski definition) is 2. The summed E-state index contributed by atoms with van der Waals surface area (Å²) in [5, 5.41) is 9.87. The Morgan fingerprint density at radius 1 is 1.19 bits per heavy atom. The molecule has 0 unspecified atom stereocenters. The molecule has 27 heavy (non-hydrogen) atoms. The van der Waals surface area contributed by atoms with Crippen LogP contribution in [0.5, 0.6) is 5.75 Å². The maximum absolute atomic E-state index is 11.3. The second-order valence-corrected chi connectivity index (χ2v) is 7.68. The highest BCUT2D eigenvalue weighted by Gasteiger charge is 2.12. The Hall–Kier alpha value is -2.13. The van der Waals surface area contributed by atoms with Gasteiger partial charge in [-0.1, -0.05) is 6.42 Å². The summed E-state index contributed by atoms with van der Waals surface area (Å²) in [5.74, 6) is -0.730. The van der Waals surface area contributed by atoms with Crippen molar-refractivity contribution in [1.29, 1.82) is 0 Å². The molecule has 0 atom stereocenters. The van der Waals surface area contributed by atoms with Gasteiger partial charge in [0.05, 0.1) is 17.9 Å². The minimum Gasteiger partial charge on any atom is -0.507 e. The highest BCUT2D eigenvalue weighted by molar-refractivity contribution is 7.85. The van der Waals surface area contributed by atoms with Gasteiger partial charge >= 0.3 is 5.97 Å². The molecule has 0 spiro atoms. The normalized spacial score (nSPS) is 11.2. The molecular formula is C18H27NO7S. The van der Waals surface area contributed by atoms with Crippen LogP contribution in [0.15, 0.2) is 18.2 Å². The summed E-state index contributed by atoms with van der Waals surface area (Å²) >= 11 is 0. The molecule has 2 N–H and O–H groups in total. The minimum absolute atomic E-state index is 0.149. The van der Waals surface area contributed by atoms with Crippen LogP contribution in [0.2, 0.25) is 0 Å². The number of carbonyl (C=O) groups is 2. The molecule has 0 aliphatic heterocycles. The van der Waals surface area contributed by atoms with Crippen LogP contribution < -0.4 is 4.90 Å². The first-order chi connectivity index (χ1) is 12.8. The van der Waals surface area contributed by atoms with Crippen LogP contribution in [0.4, 0.5) is 5.69 Å². The van der Waals surface area contributed by atoms with Gasteiger partial charge in [-0.15, -0.1) is 0 Å². The standard InChI is InChI=1S/C18H27NO7S/c1-2-26-18(22)7-4-3-5-10-19(11-6-12-27(23,24)25)16-9-8-15(14-20)17(21)13-16/h8-9,13-14,21H,2-7,10-12H2,1H3,(H,23,24,25). The van der Waals surface area contributed by atoms with Crippen molar-refractivity contribution in [2.45, 2.75) is 39.0 Å². The zero-order chi connectivity index (χ0) is 20.3. The maximum Gasteiger partial charge on any atom is 0.305 e. The van der Waals surface area contributed by atoms with Crippen LogP contribution in [-0.4, -0.2) is 55.8 Å². The van der Waals surface area contributed by atoms with Crippen molar-refractivity contribution in [2.24, 2.45) is 0 Å². The molecule has 1 aromatic carbocycles. The third kappa shape index (κ3) is 9.39. The lowest BCUT2D eigenvalue weighted by Gasteiger charge is -2.25. The van der Waals surface area contributed by atoms with Gasteiger partial charge in [-0.05, 0) is 38.3 Å². The van der Waals surface area contributed by atoms with Gasteiger partial charge < -0.3 is 14.7 Å². The van der Waals surface area contributed by atoms with Crippen molar-refractivity contribution >= 4 is 28.1 Å². The average molecular weight is 401 g/mol. The van der Waals surface area contributed by atoms with E-state index < -0.39 is 10.1 Å². The first kappa shape index (κ1) is 22.9. The molecule has 0 aliphatic carbocycles. The highest BCUT2D eigenvalue weighted by atomic mass is 32.2. The molecule has 1 aromatic rings. The Kier molecular flexibility index (Phi) is 9.81. The first-order valence-corrected chi connectivity index (χ1v) is 10.5. The van der Waals surface area contributed by atoms with Crippen molar-refractivity contribution in [3.8, 4) is 5.75 Å². The van der Waals surface area contributed by atoms with Gasteiger partial charge in [-0.25, -0.2) is 0 Å². The van der Waals surface area contributed by atoms with E-state index >= 15 is 0 Å².